The van der Waals surface area contributed by atoms with E-state index in [0.29, 0.717) is 12.1 Å². The Kier molecular flexibility index (Phi) is 5.56. The van der Waals surface area contributed by atoms with Gasteiger partial charge in [-0.15, -0.1) is 0 Å². The third-order valence-corrected chi connectivity index (χ3v) is 8.41. The lowest BCUT2D eigenvalue weighted by atomic mass is 9.68. The molecule has 1 amide bonds. The number of para-hydroxylation sites is 1. The Balaban J connectivity index is 1.55. The number of carbonyl (C=O) groups excluding carboxylic acids is 1. The van der Waals surface area contributed by atoms with Crippen LogP contribution in [0.1, 0.15) is 72.1 Å². The maximum absolute atomic E-state index is 13.6. The first-order chi connectivity index (χ1) is 13.3. The van der Waals surface area contributed by atoms with Crippen molar-refractivity contribution in [1.82, 2.24) is 5.32 Å². The fraction of sp³-hybridized carbons (Fsp3) is 0.708. The zero-order valence-electron chi connectivity index (χ0n) is 17.7. The Hall–Kier alpha value is -1.00. The SMILES string of the molecule is CC12CCC(C1)C(C)(C)C2NC(S)C(=O)N(c1ccccc1)C1CCCCC1. The molecule has 28 heavy (non-hydrogen) atoms. The molecule has 2 bridgehead atoms. The molecule has 4 rings (SSSR count). The molecule has 1 aromatic carbocycles. The van der Waals surface area contributed by atoms with Crippen molar-refractivity contribution in [3.63, 3.8) is 0 Å². The average molecular weight is 401 g/mol. The fourth-order valence-electron chi connectivity index (χ4n) is 6.52. The molecule has 3 aliphatic carbocycles. The van der Waals surface area contributed by atoms with Gasteiger partial charge in [-0.2, -0.15) is 12.6 Å². The Bertz CT molecular complexity index is 695. The van der Waals surface area contributed by atoms with Crippen molar-refractivity contribution in [3.05, 3.63) is 30.3 Å². The van der Waals surface area contributed by atoms with Gasteiger partial charge < -0.3 is 4.90 Å². The van der Waals surface area contributed by atoms with Crippen LogP contribution in [0.25, 0.3) is 0 Å². The van der Waals surface area contributed by atoms with E-state index in [0.717, 1.165) is 24.4 Å². The van der Waals surface area contributed by atoms with Crippen LogP contribution in [0.5, 0.6) is 0 Å². The Morgan fingerprint density at radius 1 is 1.11 bits per heavy atom. The van der Waals surface area contributed by atoms with Crippen molar-refractivity contribution in [2.45, 2.75) is 89.6 Å². The number of anilines is 1. The molecule has 0 radical (unpaired) electrons. The van der Waals surface area contributed by atoms with Gasteiger partial charge in [0.15, 0.2) is 0 Å². The molecule has 3 fully saturated rings. The molecule has 0 spiro atoms. The number of amides is 1. The summed E-state index contributed by atoms with van der Waals surface area (Å²) in [6.07, 6.45) is 9.75. The van der Waals surface area contributed by atoms with Crippen LogP contribution < -0.4 is 10.2 Å². The van der Waals surface area contributed by atoms with E-state index in [1.165, 1.54) is 38.5 Å². The molecule has 1 N–H and O–H groups in total. The monoisotopic (exact) mass is 400 g/mol. The van der Waals surface area contributed by atoms with Gasteiger partial charge >= 0.3 is 0 Å². The van der Waals surface area contributed by atoms with E-state index in [1.807, 2.05) is 23.1 Å². The van der Waals surface area contributed by atoms with Crippen LogP contribution in [0.3, 0.4) is 0 Å². The number of nitrogens with one attached hydrogen (secondary N) is 1. The van der Waals surface area contributed by atoms with Crippen molar-refractivity contribution < 1.29 is 4.79 Å². The minimum absolute atomic E-state index is 0.114. The number of hydrogen-bond acceptors (Lipinski definition) is 3. The highest BCUT2D eigenvalue weighted by Crippen LogP contribution is 2.62. The van der Waals surface area contributed by atoms with Crippen LogP contribution in [-0.4, -0.2) is 23.4 Å². The second-order valence-corrected chi connectivity index (χ2v) is 10.8. The van der Waals surface area contributed by atoms with E-state index < -0.39 is 5.37 Å². The second kappa shape index (κ2) is 7.68. The molecule has 0 aliphatic heterocycles. The van der Waals surface area contributed by atoms with Crippen molar-refractivity contribution >= 4 is 24.2 Å². The van der Waals surface area contributed by atoms with Crippen LogP contribution in [0, 0.1) is 16.7 Å². The van der Waals surface area contributed by atoms with Gasteiger partial charge in [0.05, 0.1) is 0 Å². The van der Waals surface area contributed by atoms with Crippen molar-refractivity contribution in [3.8, 4) is 0 Å². The first kappa shape index (κ1) is 20.3. The molecular weight excluding hydrogens is 364 g/mol. The predicted octanol–water partition coefficient (Wildman–Crippen LogP) is 5.41. The molecule has 0 aromatic heterocycles. The van der Waals surface area contributed by atoms with E-state index in [1.54, 1.807) is 0 Å². The molecule has 1 aromatic rings. The molecule has 0 heterocycles. The van der Waals surface area contributed by atoms with Crippen LogP contribution in [-0.2, 0) is 4.79 Å². The highest BCUT2D eigenvalue weighted by molar-refractivity contribution is 7.81. The van der Waals surface area contributed by atoms with Crippen LogP contribution in [0.4, 0.5) is 5.69 Å². The van der Waals surface area contributed by atoms with Gasteiger partial charge in [-0.1, -0.05) is 58.2 Å². The zero-order valence-corrected chi connectivity index (χ0v) is 18.6. The van der Waals surface area contributed by atoms with E-state index in [2.05, 4.69) is 38.2 Å². The minimum Gasteiger partial charge on any atom is -0.307 e. The van der Waals surface area contributed by atoms with Crippen molar-refractivity contribution in [2.75, 3.05) is 4.90 Å². The number of benzene rings is 1. The lowest BCUT2D eigenvalue weighted by Gasteiger charge is -2.45. The average Bonchev–Trinajstić information content (AvgIpc) is 3.18. The fourth-order valence-corrected chi connectivity index (χ4v) is 6.80. The van der Waals surface area contributed by atoms with Crippen molar-refractivity contribution in [1.29, 1.82) is 0 Å². The number of carbonyl (C=O) groups is 1. The van der Waals surface area contributed by atoms with Crippen LogP contribution in [0.15, 0.2) is 30.3 Å². The highest BCUT2D eigenvalue weighted by atomic mass is 32.1. The van der Waals surface area contributed by atoms with E-state index >= 15 is 0 Å². The quantitative estimate of drug-likeness (QED) is 0.511. The number of nitrogens with zero attached hydrogens (tertiary/aromatic N) is 1. The number of fused-ring (bicyclic) bond motifs is 2. The predicted molar refractivity (Wildman–Crippen MR) is 120 cm³/mol. The maximum atomic E-state index is 13.6. The summed E-state index contributed by atoms with van der Waals surface area (Å²) in [5, 5.41) is 3.25. The van der Waals surface area contributed by atoms with Gasteiger partial charge in [0.25, 0.3) is 5.91 Å². The number of hydrogen-bond donors (Lipinski definition) is 2. The smallest absolute Gasteiger partial charge is 0.254 e. The molecule has 4 heteroatoms. The standard InChI is InChI=1S/C24H36N2OS/c1-23(2)17-14-15-24(3,16-17)22(23)25-20(28)21(27)26(18-10-6-4-7-11-18)19-12-8-5-9-13-19/h4,6-7,10-11,17,19-20,22,25,28H,5,8-9,12-16H2,1-3H3. The Morgan fingerprint density at radius 3 is 2.39 bits per heavy atom. The van der Waals surface area contributed by atoms with Gasteiger partial charge in [-0.05, 0) is 61.0 Å². The van der Waals surface area contributed by atoms with Crippen molar-refractivity contribution in [2.24, 2.45) is 16.7 Å². The molecule has 3 nitrogen and oxygen atoms in total. The normalized spacial score (nSPS) is 33.0. The summed E-state index contributed by atoms with van der Waals surface area (Å²) in [5.74, 6) is 0.873. The van der Waals surface area contributed by atoms with E-state index in [9.17, 15) is 4.79 Å². The van der Waals surface area contributed by atoms with Crippen LogP contribution in [0.2, 0.25) is 0 Å². The lowest BCUT2D eigenvalue weighted by molar-refractivity contribution is -0.119. The summed E-state index contributed by atoms with van der Waals surface area (Å²) in [6, 6.07) is 10.8. The summed E-state index contributed by atoms with van der Waals surface area (Å²) in [7, 11) is 0. The molecule has 3 aliphatic rings. The molecule has 4 atom stereocenters. The summed E-state index contributed by atoms with van der Waals surface area (Å²) in [4.78, 5) is 15.7. The van der Waals surface area contributed by atoms with Gasteiger partial charge in [-0.25, -0.2) is 0 Å². The third-order valence-electron chi connectivity index (χ3n) is 8.04. The minimum atomic E-state index is -0.456. The first-order valence-corrected chi connectivity index (χ1v) is 11.7. The molecular formula is C24H36N2OS. The summed E-state index contributed by atoms with van der Waals surface area (Å²) < 4.78 is 0. The van der Waals surface area contributed by atoms with Gasteiger partial charge in [-0.3, -0.25) is 10.1 Å². The van der Waals surface area contributed by atoms with Gasteiger partial charge in [0, 0.05) is 17.8 Å². The van der Waals surface area contributed by atoms with Gasteiger partial charge in [0.1, 0.15) is 5.37 Å². The second-order valence-electron chi connectivity index (χ2n) is 10.3. The lowest BCUT2D eigenvalue weighted by Crippen LogP contribution is -2.57. The number of rotatable bonds is 5. The largest absolute Gasteiger partial charge is 0.307 e. The molecule has 154 valence electrons. The molecule has 3 saturated carbocycles. The summed E-state index contributed by atoms with van der Waals surface area (Å²) in [6.45, 7) is 7.15. The molecule has 0 saturated heterocycles. The summed E-state index contributed by atoms with van der Waals surface area (Å²) >= 11 is 4.82. The Morgan fingerprint density at radius 2 is 1.79 bits per heavy atom. The maximum Gasteiger partial charge on any atom is 0.254 e. The zero-order chi connectivity index (χ0) is 19.9. The highest BCUT2D eigenvalue weighted by Gasteiger charge is 2.59. The van der Waals surface area contributed by atoms with Crippen LogP contribution >= 0.6 is 12.6 Å². The van der Waals surface area contributed by atoms with Gasteiger partial charge in [0.2, 0.25) is 0 Å². The number of thiol groups is 1. The topological polar surface area (TPSA) is 32.3 Å². The molecule has 4 unspecified atom stereocenters. The first-order valence-electron chi connectivity index (χ1n) is 11.2. The van der Waals surface area contributed by atoms with E-state index in [-0.39, 0.29) is 16.7 Å². The third kappa shape index (κ3) is 3.52. The summed E-state index contributed by atoms with van der Waals surface area (Å²) in [5.41, 5.74) is 1.52. The Labute approximate surface area is 176 Å². The van der Waals surface area contributed by atoms with E-state index in [4.69, 9.17) is 12.6 Å².